The van der Waals surface area contributed by atoms with Gasteiger partial charge in [0.25, 0.3) is 0 Å². The van der Waals surface area contributed by atoms with Gasteiger partial charge in [0.2, 0.25) is 17.5 Å². The van der Waals surface area contributed by atoms with Gasteiger partial charge in [-0.25, -0.2) is 0 Å². The lowest BCUT2D eigenvalue weighted by Crippen LogP contribution is -2.52. The standard InChI is InChI=1S/C16H23NO3/c1-15(2)11-7-8-16(15,13(19)12(11)18)14(20)17-9-5-3-4-6-10-17/h11H,3-10H2,1-2H3. The lowest BCUT2D eigenvalue weighted by Gasteiger charge is -2.38. The summed E-state index contributed by atoms with van der Waals surface area (Å²) in [6.07, 6.45) is 5.56. The van der Waals surface area contributed by atoms with Crippen molar-refractivity contribution in [1.29, 1.82) is 0 Å². The van der Waals surface area contributed by atoms with E-state index in [4.69, 9.17) is 0 Å². The second-order valence-electron chi connectivity index (χ2n) is 7.12. The van der Waals surface area contributed by atoms with Gasteiger partial charge in [-0.2, -0.15) is 0 Å². The highest BCUT2D eigenvalue weighted by molar-refractivity contribution is 6.47. The number of likely N-dealkylation sites (tertiary alicyclic amines) is 1. The van der Waals surface area contributed by atoms with Crippen LogP contribution in [-0.4, -0.2) is 35.5 Å². The van der Waals surface area contributed by atoms with Gasteiger partial charge in [-0.15, -0.1) is 0 Å². The summed E-state index contributed by atoms with van der Waals surface area (Å²) in [5.41, 5.74) is -1.57. The van der Waals surface area contributed by atoms with Crippen LogP contribution in [0.3, 0.4) is 0 Å². The maximum atomic E-state index is 13.1. The van der Waals surface area contributed by atoms with Crippen molar-refractivity contribution < 1.29 is 14.4 Å². The Morgan fingerprint density at radius 3 is 2.20 bits per heavy atom. The summed E-state index contributed by atoms with van der Waals surface area (Å²) in [6.45, 7) is 5.35. The van der Waals surface area contributed by atoms with Crippen LogP contribution in [0.4, 0.5) is 0 Å². The predicted octanol–water partition coefficient (Wildman–Crippen LogP) is 1.96. The fourth-order valence-electron chi connectivity index (χ4n) is 4.60. The second kappa shape index (κ2) is 4.40. The molecule has 3 fully saturated rings. The van der Waals surface area contributed by atoms with Crippen molar-refractivity contribution in [2.75, 3.05) is 13.1 Å². The molecule has 20 heavy (non-hydrogen) atoms. The summed E-state index contributed by atoms with van der Waals surface area (Å²) in [4.78, 5) is 39.5. The van der Waals surface area contributed by atoms with E-state index < -0.39 is 16.6 Å². The minimum absolute atomic E-state index is 0.0669. The minimum Gasteiger partial charge on any atom is -0.342 e. The molecule has 3 aliphatic rings. The Labute approximate surface area is 119 Å². The van der Waals surface area contributed by atoms with E-state index in [1.807, 2.05) is 18.7 Å². The quantitative estimate of drug-likeness (QED) is 0.544. The molecule has 2 unspecified atom stereocenters. The SMILES string of the molecule is CC1(C)C2CCC1(C(=O)N1CCCCCC1)C(=O)C2=O. The fourth-order valence-corrected chi connectivity index (χ4v) is 4.60. The Morgan fingerprint density at radius 2 is 1.70 bits per heavy atom. The van der Waals surface area contributed by atoms with Crippen molar-refractivity contribution in [3.05, 3.63) is 0 Å². The van der Waals surface area contributed by atoms with E-state index >= 15 is 0 Å². The van der Waals surface area contributed by atoms with Crippen molar-refractivity contribution in [3.8, 4) is 0 Å². The van der Waals surface area contributed by atoms with Crippen molar-refractivity contribution in [1.82, 2.24) is 4.90 Å². The summed E-state index contributed by atoms with van der Waals surface area (Å²) in [7, 11) is 0. The van der Waals surface area contributed by atoms with Gasteiger partial charge < -0.3 is 4.90 Å². The highest BCUT2D eigenvalue weighted by atomic mass is 16.2. The molecule has 1 heterocycles. The van der Waals surface area contributed by atoms with Crippen LogP contribution in [0.25, 0.3) is 0 Å². The molecule has 1 aliphatic heterocycles. The highest BCUT2D eigenvalue weighted by Crippen LogP contribution is 2.63. The number of ketones is 2. The molecule has 3 rings (SSSR count). The molecule has 4 nitrogen and oxygen atoms in total. The number of amides is 1. The molecule has 4 heteroatoms. The van der Waals surface area contributed by atoms with E-state index in [9.17, 15) is 14.4 Å². The number of Topliss-reactive ketones (excluding diaryl/α,β-unsaturated/α-hetero) is 2. The molecule has 0 aromatic carbocycles. The molecule has 0 N–H and O–H groups in total. The number of carbonyl (C=O) groups is 3. The molecule has 1 amide bonds. The first-order valence-corrected chi connectivity index (χ1v) is 7.81. The van der Waals surface area contributed by atoms with Gasteiger partial charge in [0, 0.05) is 19.0 Å². The van der Waals surface area contributed by atoms with E-state index in [1.165, 1.54) is 0 Å². The van der Waals surface area contributed by atoms with Crippen LogP contribution < -0.4 is 0 Å². The summed E-state index contributed by atoms with van der Waals surface area (Å²) >= 11 is 0. The van der Waals surface area contributed by atoms with E-state index in [1.54, 1.807) is 0 Å². The molecule has 2 bridgehead atoms. The Hall–Kier alpha value is -1.19. The lowest BCUT2D eigenvalue weighted by atomic mass is 9.68. The average Bonchev–Trinajstić information content (AvgIpc) is 2.66. The Balaban J connectivity index is 1.96. The van der Waals surface area contributed by atoms with E-state index in [0.29, 0.717) is 12.8 Å². The summed E-state index contributed by atoms with van der Waals surface area (Å²) in [5.74, 6) is -1.02. The molecular formula is C16H23NO3. The van der Waals surface area contributed by atoms with Gasteiger partial charge in [0.15, 0.2) is 0 Å². The van der Waals surface area contributed by atoms with Gasteiger partial charge in [-0.05, 0) is 31.1 Å². The molecule has 2 saturated carbocycles. The topological polar surface area (TPSA) is 54.5 Å². The van der Waals surface area contributed by atoms with Gasteiger partial charge in [-0.3, -0.25) is 14.4 Å². The number of hydrogen-bond donors (Lipinski definition) is 0. The Morgan fingerprint density at radius 1 is 1.10 bits per heavy atom. The van der Waals surface area contributed by atoms with Crippen molar-refractivity contribution in [2.24, 2.45) is 16.7 Å². The largest absolute Gasteiger partial charge is 0.342 e. The molecule has 0 aromatic heterocycles. The number of hydrogen-bond acceptors (Lipinski definition) is 3. The average molecular weight is 277 g/mol. The third-order valence-corrected chi connectivity index (χ3v) is 5.97. The van der Waals surface area contributed by atoms with Crippen molar-refractivity contribution >= 4 is 17.5 Å². The van der Waals surface area contributed by atoms with Crippen LogP contribution in [0.1, 0.15) is 52.4 Å². The van der Waals surface area contributed by atoms with Crippen molar-refractivity contribution in [2.45, 2.75) is 52.4 Å². The smallest absolute Gasteiger partial charge is 0.237 e. The molecule has 0 spiro atoms. The Kier molecular flexibility index (Phi) is 3.03. The van der Waals surface area contributed by atoms with Crippen LogP contribution in [0.2, 0.25) is 0 Å². The normalized spacial score (nSPS) is 36.3. The molecule has 2 aliphatic carbocycles. The van der Waals surface area contributed by atoms with E-state index in [2.05, 4.69) is 0 Å². The number of nitrogens with zero attached hydrogens (tertiary/aromatic N) is 1. The van der Waals surface area contributed by atoms with Gasteiger partial charge >= 0.3 is 0 Å². The first-order valence-electron chi connectivity index (χ1n) is 7.81. The summed E-state index contributed by atoms with van der Waals surface area (Å²) in [6, 6.07) is 0. The summed E-state index contributed by atoms with van der Waals surface area (Å²) < 4.78 is 0. The van der Waals surface area contributed by atoms with Crippen LogP contribution in [-0.2, 0) is 14.4 Å². The van der Waals surface area contributed by atoms with E-state index in [0.717, 1.165) is 38.8 Å². The number of carbonyl (C=O) groups excluding carboxylic acids is 3. The highest BCUT2D eigenvalue weighted by Gasteiger charge is 2.73. The number of rotatable bonds is 1. The first-order chi connectivity index (χ1) is 9.43. The summed E-state index contributed by atoms with van der Waals surface area (Å²) in [5, 5.41) is 0. The van der Waals surface area contributed by atoms with Crippen LogP contribution >= 0.6 is 0 Å². The molecule has 0 aromatic rings. The van der Waals surface area contributed by atoms with Gasteiger partial charge in [-0.1, -0.05) is 26.7 Å². The second-order valence-corrected chi connectivity index (χ2v) is 7.12. The third-order valence-electron chi connectivity index (χ3n) is 5.97. The van der Waals surface area contributed by atoms with Gasteiger partial charge in [0.1, 0.15) is 5.41 Å². The first kappa shape index (κ1) is 13.8. The molecule has 110 valence electrons. The van der Waals surface area contributed by atoms with E-state index in [-0.39, 0.29) is 17.6 Å². The Bertz CT molecular complexity index is 474. The monoisotopic (exact) mass is 277 g/mol. The zero-order chi connectivity index (χ0) is 14.5. The van der Waals surface area contributed by atoms with Crippen LogP contribution in [0.15, 0.2) is 0 Å². The zero-order valence-electron chi connectivity index (χ0n) is 12.4. The predicted molar refractivity (Wildman–Crippen MR) is 74.0 cm³/mol. The maximum absolute atomic E-state index is 13.1. The van der Waals surface area contributed by atoms with Crippen LogP contribution in [0, 0.1) is 16.7 Å². The molecule has 1 saturated heterocycles. The van der Waals surface area contributed by atoms with Crippen molar-refractivity contribution in [3.63, 3.8) is 0 Å². The van der Waals surface area contributed by atoms with Gasteiger partial charge in [0.05, 0.1) is 0 Å². The molecular weight excluding hydrogens is 254 g/mol. The number of fused-ring (bicyclic) bond motifs is 2. The lowest BCUT2D eigenvalue weighted by molar-refractivity contribution is -0.155. The van der Waals surface area contributed by atoms with Crippen LogP contribution in [0.5, 0.6) is 0 Å². The fraction of sp³-hybridized carbons (Fsp3) is 0.812. The molecule has 0 radical (unpaired) electrons. The maximum Gasteiger partial charge on any atom is 0.237 e. The molecule has 2 atom stereocenters. The zero-order valence-corrected chi connectivity index (χ0v) is 12.4. The minimum atomic E-state index is -1.06. The third kappa shape index (κ3) is 1.51.